The highest BCUT2D eigenvalue weighted by Crippen LogP contribution is 2.34. The first-order valence-corrected chi connectivity index (χ1v) is 8.82. The molecule has 0 bridgehead atoms. The van der Waals surface area contributed by atoms with Gasteiger partial charge >= 0.3 is 0 Å². The van der Waals surface area contributed by atoms with Gasteiger partial charge in [0.1, 0.15) is 10.6 Å². The zero-order valence-electron chi connectivity index (χ0n) is 13.1. The van der Waals surface area contributed by atoms with Crippen LogP contribution in [-0.2, 0) is 6.42 Å². The van der Waals surface area contributed by atoms with Gasteiger partial charge in [-0.1, -0.05) is 20.8 Å². The number of thiophene rings is 1. The summed E-state index contributed by atoms with van der Waals surface area (Å²) in [6, 6.07) is 2.82. The molecule has 0 atom stereocenters. The summed E-state index contributed by atoms with van der Waals surface area (Å²) in [5, 5.41) is 8.12. The molecule has 0 amide bonds. The van der Waals surface area contributed by atoms with Crippen LogP contribution in [0.25, 0.3) is 10.2 Å². The summed E-state index contributed by atoms with van der Waals surface area (Å²) in [7, 11) is 0. The third-order valence-electron chi connectivity index (χ3n) is 4.04. The van der Waals surface area contributed by atoms with Gasteiger partial charge in [0.2, 0.25) is 5.95 Å². The molecule has 1 aliphatic rings. The third-order valence-corrected chi connectivity index (χ3v) is 5.21. The van der Waals surface area contributed by atoms with Crippen molar-refractivity contribution in [1.82, 2.24) is 9.97 Å². The second-order valence-electron chi connectivity index (χ2n) is 6.03. The quantitative estimate of drug-likeness (QED) is 0.836. The number of hydrogen-bond donors (Lipinski definition) is 2. The molecular formula is C16H24N4S. The molecule has 0 saturated heterocycles. The highest BCUT2D eigenvalue weighted by molar-refractivity contribution is 7.18. The van der Waals surface area contributed by atoms with Crippen molar-refractivity contribution >= 4 is 33.3 Å². The van der Waals surface area contributed by atoms with E-state index in [0.717, 1.165) is 41.9 Å². The molecular weight excluding hydrogens is 280 g/mol. The second kappa shape index (κ2) is 6.18. The number of anilines is 2. The lowest BCUT2D eigenvalue weighted by atomic mass is 9.82. The monoisotopic (exact) mass is 304 g/mol. The van der Waals surface area contributed by atoms with Crippen LogP contribution in [0.5, 0.6) is 0 Å². The van der Waals surface area contributed by atoms with Crippen molar-refractivity contribution in [3.8, 4) is 0 Å². The number of aromatic nitrogens is 2. The highest BCUT2D eigenvalue weighted by Gasteiger charge is 2.26. The van der Waals surface area contributed by atoms with Gasteiger partial charge < -0.3 is 10.6 Å². The number of fused-ring (bicyclic) bond motifs is 1. The van der Waals surface area contributed by atoms with Gasteiger partial charge in [-0.25, -0.2) is 4.98 Å². The molecule has 0 unspecified atom stereocenters. The Labute approximate surface area is 130 Å². The van der Waals surface area contributed by atoms with Crippen LogP contribution in [0.1, 0.15) is 44.9 Å². The summed E-state index contributed by atoms with van der Waals surface area (Å²) in [6.07, 6.45) is 4.62. The fraction of sp³-hybridized carbons (Fsp3) is 0.625. The van der Waals surface area contributed by atoms with E-state index in [9.17, 15) is 0 Å². The van der Waals surface area contributed by atoms with Crippen molar-refractivity contribution in [3.05, 3.63) is 10.9 Å². The lowest BCUT2D eigenvalue weighted by Gasteiger charge is -2.33. The summed E-state index contributed by atoms with van der Waals surface area (Å²) in [4.78, 5) is 11.8. The molecule has 114 valence electrons. The molecule has 3 rings (SSSR count). The van der Waals surface area contributed by atoms with Crippen LogP contribution < -0.4 is 10.6 Å². The molecule has 4 nitrogen and oxygen atoms in total. The Hall–Kier alpha value is -1.36. The van der Waals surface area contributed by atoms with Crippen molar-refractivity contribution in [1.29, 1.82) is 0 Å². The first kappa shape index (κ1) is 14.6. The molecule has 21 heavy (non-hydrogen) atoms. The van der Waals surface area contributed by atoms with E-state index in [-0.39, 0.29) is 0 Å². The van der Waals surface area contributed by atoms with Gasteiger partial charge in [0.05, 0.1) is 5.39 Å². The Balaban J connectivity index is 1.91. The maximum absolute atomic E-state index is 4.71. The molecule has 1 fully saturated rings. The highest BCUT2D eigenvalue weighted by atomic mass is 32.1. The van der Waals surface area contributed by atoms with E-state index in [0.29, 0.717) is 6.04 Å². The van der Waals surface area contributed by atoms with E-state index in [1.165, 1.54) is 23.1 Å². The first-order valence-electron chi connectivity index (χ1n) is 8.00. The molecule has 2 aromatic heterocycles. The summed E-state index contributed by atoms with van der Waals surface area (Å²) in [5.41, 5.74) is 0. The number of hydrogen-bond acceptors (Lipinski definition) is 5. The Morgan fingerprint density at radius 3 is 2.76 bits per heavy atom. The van der Waals surface area contributed by atoms with E-state index in [2.05, 4.69) is 42.5 Å². The van der Waals surface area contributed by atoms with Crippen LogP contribution in [0.2, 0.25) is 0 Å². The van der Waals surface area contributed by atoms with Gasteiger partial charge in [-0.05, 0) is 37.7 Å². The number of nitrogens with zero attached hydrogens (tertiary/aromatic N) is 2. The minimum absolute atomic E-state index is 0.571. The second-order valence-corrected chi connectivity index (χ2v) is 7.14. The average molecular weight is 304 g/mol. The van der Waals surface area contributed by atoms with E-state index in [1.54, 1.807) is 11.3 Å². The maximum atomic E-state index is 4.71. The number of nitrogens with one attached hydrogen (secondary N) is 2. The zero-order chi connectivity index (χ0) is 14.8. The van der Waals surface area contributed by atoms with Crippen molar-refractivity contribution in [2.75, 3.05) is 17.2 Å². The first-order chi connectivity index (χ1) is 10.2. The molecule has 0 radical (unpaired) electrons. The number of rotatable bonds is 6. The van der Waals surface area contributed by atoms with Gasteiger partial charge in [-0.2, -0.15) is 4.98 Å². The summed E-state index contributed by atoms with van der Waals surface area (Å²) >= 11 is 1.78. The lowest BCUT2D eigenvalue weighted by Crippen LogP contribution is -2.34. The Morgan fingerprint density at radius 2 is 2.10 bits per heavy atom. The molecule has 5 heteroatoms. The van der Waals surface area contributed by atoms with Crippen molar-refractivity contribution in [2.24, 2.45) is 5.92 Å². The minimum Gasteiger partial charge on any atom is -0.367 e. The Kier molecular flexibility index (Phi) is 4.29. The molecule has 0 spiro atoms. The van der Waals surface area contributed by atoms with Crippen molar-refractivity contribution in [2.45, 2.75) is 52.5 Å². The molecule has 2 N–H and O–H groups in total. The Morgan fingerprint density at radius 1 is 1.29 bits per heavy atom. The standard InChI is InChI=1S/C16H24N4S/c1-4-6-17-16-19-14(18-11-7-10(3)8-11)13-9-12(5-2)21-15(13)20-16/h9-11H,4-8H2,1-3H3,(H2,17,18,19,20). The molecule has 1 saturated carbocycles. The summed E-state index contributed by atoms with van der Waals surface area (Å²) in [6.45, 7) is 7.56. The molecule has 2 aromatic rings. The van der Waals surface area contributed by atoms with Crippen LogP contribution in [0.4, 0.5) is 11.8 Å². The van der Waals surface area contributed by atoms with E-state index >= 15 is 0 Å². The van der Waals surface area contributed by atoms with E-state index in [4.69, 9.17) is 4.98 Å². The van der Waals surface area contributed by atoms with Gasteiger partial charge in [0.25, 0.3) is 0 Å². The van der Waals surface area contributed by atoms with Gasteiger partial charge in [0.15, 0.2) is 0 Å². The summed E-state index contributed by atoms with van der Waals surface area (Å²) in [5.74, 6) is 2.60. The van der Waals surface area contributed by atoms with Crippen LogP contribution in [0.15, 0.2) is 6.07 Å². The zero-order valence-corrected chi connectivity index (χ0v) is 13.9. The van der Waals surface area contributed by atoms with Crippen LogP contribution in [0, 0.1) is 5.92 Å². The predicted octanol–water partition coefficient (Wildman–Crippen LogP) is 4.29. The molecule has 2 heterocycles. The number of aryl methyl sites for hydroxylation is 1. The molecule has 0 aromatic carbocycles. The predicted molar refractivity (Wildman–Crippen MR) is 91.4 cm³/mol. The maximum Gasteiger partial charge on any atom is 0.226 e. The summed E-state index contributed by atoms with van der Waals surface area (Å²) < 4.78 is 0. The topological polar surface area (TPSA) is 49.8 Å². The van der Waals surface area contributed by atoms with Crippen molar-refractivity contribution in [3.63, 3.8) is 0 Å². The molecule has 0 aliphatic heterocycles. The minimum atomic E-state index is 0.571. The fourth-order valence-corrected chi connectivity index (χ4v) is 3.75. The largest absolute Gasteiger partial charge is 0.367 e. The Bertz CT molecular complexity index is 616. The van der Waals surface area contributed by atoms with Crippen LogP contribution in [-0.4, -0.2) is 22.6 Å². The lowest BCUT2D eigenvalue weighted by molar-refractivity contribution is 0.309. The fourth-order valence-electron chi connectivity index (χ4n) is 2.79. The van der Waals surface area contributed by atoms with Gasteiger partial charge in [-0.15, -0.1) is 11.3 Å². The van der Waals surface area contributed by atoms with E-state index in [1.807, 2.05) is 0 Å². The van der Waals surface area contributed by atoms with E-state index < -0.39 is 0 Å². The molecule has 1 aliphatic carbocycles. The average Bonchev–Trinajstić information content (AvgIpc) is 2.86. The van der Waals surface area contributed by atoms with Crippen molar-refractivity contribution < 1.29 is 0 Å². The van der Waals surface area contributed by atoms with Gasteiger partial charge in [0, 0.05) is 17.5 Å². The van der Waals surface area contributed by atoms with Crippen LogP contribution >= 0.6 is 11.3 Å². The smallest absolute Gasteiger partial charge is 0.226 e. The SMILES string of the molecule is CCCNc1nc(NC2CC(C)C2)c2cc(CC)sc2n1. The normalized spacial score (nSPS) is 21.3. The van der Waals surface area contributed by atoms with Crippen LogP contribution in [0.3, 0.4) is 0 Å². The van der Waals surface area contributed by atoms with Gasteiger partial charge in [-0.3, -0.25) is 0 Å². The third kappa shape index (κ3) is 3.12.